The van der Waals surface area contributed by atoms with Crippen molar-refractivity contribution in [2.45, 2.75) is 39.2 Å². The molecule has 2 rings (SSSR count). The number of rotatable bonds is 5. The van der Waals surface area contributed by atoms with Crippen LogP contribution in [0.25, 0.3) is 0 Å². The molecular formula is C16H22N2S. The van der Waals surface area contributed by atoms with Crippen LogP contribution in [0.1, 0.15) is 47.4 Å². The summed E-state index contributed by atoms with van der Waals surface area (Å²) in [5.41, 5.74) is 6.96. The quantitative estimate of drug-likeness (QED) is 0.640. The van der Waals surface area contributed by atoms with E-state index in [0.717, 1.165) is 6.42 Å². The van der Waals surface area contributed by atoms with Crippen molar-refractivity contribution in [1.29, 1.82) is 0 Å². The summed E-state index contributed by atoms with van der Waals surface area (Å²) in [6.45, 7) is 6.57. The molecule has 0 saturated heterocycles. The first-order chi connectivity index (χ1) is 9.11. The maximum Gasteiger partial charge on any atom is 0.0596 e. The standard InChI is InChI=1S/C16H22N2S/c1-11(2)14-6-4-13(5-7-14)10-15(18-17)16-12(3)8-9-19-16/h4-9,11,15,18H,10,17H2,1-3H3. The van der Waals surface area contributed by atoms with Gasteiger partial charge in [-0.1, -0.05) is 38.1 Å². The van der Waals surface area contributed by atoms with Crippen molar-refractivity contribution in [2.24, 2.45) is 5.84 Å². The molecule has 0 spiro atoms. The van der Waals surface area contributed by atoms with E-state index in [9.17, 15) is 0 Å². The fourth-order valence-electron chi connectivity index (χ4n) is 2.24. The molecule has 1 unspecified atom stereocenters. The lowest BCUT2D eigenvalue weighted by molar-refractivity contribution is 0.558. The van der Waals surface area contributed by atoms with Crippen LogP contribution in [0.15, 0.2) is 35.7 Å². The Morgan fingerprint density at radius 1 is 1.16 bits per heavy atom. The van der Waals surface area contributed by atoms with Crippen molar-refractivity contribution < 1.29 is 0 Å². The highest BCUT2D eigenvalue weighted by molar-refractivity contribution is 7.10. The number of aryl methyl sites for hydroxylation is 1. The van der Waals surface area contributed by atoms with Crippen LogP contribution < -0.4 is 11.3 Å². The zero-order chi connectivity index (χ0) is 13.8. The van der Waals surface area contributed by atoms with E-state index >= 15 is 0 Å². The van der Waals surface area contributed by atoms with Gasteiger partial charge < -0.3 is 0 Å². The molecule has 3 N–H and O–H groups in total. The van der Waals surface area contributed by atoms with E-state index in [2.05, 4.69) is 61.9 Å². The fourth-order valence-corrected chi connectivity index (χ4v) is 3.23. The van der Waals surface area contributed by atoms with Gasteiger partial charge in [-0.15, -0.1) is 11.3 Å². The van der Waals surface area contributed by atoms with Crippen LogP contribution in [0, 0.1) is 6.92 Å². The molecule has 2 aromatic rings. The van der Waals surface area contributed by atoms with Gasteiger partial charge in [-0.3, -0.25) is 11.3 Å². The molecule has 1 atom stereocenters. The highest BCUT2D eigenvalue weighted by Crippen LogP contribution is 2.26. The van der Waals surface area contributed by atoms with E-state index in [1.165, 1.54) is 21.6 Å². The lowest BCUT2D eigenvalue weighted by Crippen LogP contribution is -2.29. The Balaban J connectivity index is 2.13. The van der Waals surface area contributed by atoms with Crippen LogP contribution in [0.5, 0.6) is 0 Å². The summed E-state index contributed by atoms with van der Waals surface area (Å²) < 4.78 is 0. The Morgan fingerprint density at radius 3 is 2.32 bits per heavy atom. The summed E-state index contributed by atoms with van der Waals surface area (Å²) in [6.07, 6.45) is 0.927. The first-order valence-electron chi connectivity index (χ1n) is 6.70. The molecule has 0 aliphatic heterocycles. The second-order valence-electron chi connectivity index (χ2n) is 5.29. The maximum atomic E-state index is 5.72. The van der Waals surface area contributed by atoms with Gasteiger partial charge in [-0.2, -0.15) is 0 Å². The molecule has 102 valence electrons. The Hall–Kier alpha value is -1.16. The average molecular weight is 274 g/mol. The Labute approximate surface area is 119 Å². The van der Waals surface area contributed by atoms with Crippen LogP contribution in [-0.2, 0) is 6.42 Å². The van der Waals surface area contributed by atoms with E-state index in [4.69, 9.17) is 5.84 Å². The van der Waals surface area contributed by atoms with E-state index in [-0.39, 0.29) is 6.04 Å². The number of thiophene rings is 1. The van der Waals surface area contributed by atoms with Crippen molar-refractivity contribution in [3.05, 3.63) is 57.3 Å². The zero-order valence-electron chi connectivity index (χ0n) is 11.8. The maximum absolute atomic E-state index is 5.72. The number of hydrogen-bond acceptors (Lipinski definition) is 3. The number of nitrogens with one attached hydrogen (secondary N) is 1. The average Bonchev–Trinajstić information content (AvgIpc) is 2.83. The number of benzene rings is 1. The highest BCUT2D eigenvalue weighted by Gasteiger charge is 2.14. The van der Waals surface area contributed by atoms with Crippen LogP contribution in [0.3, 0.4) is 0 Å². The monoisotopic (exact) mass is 274 g/mol. The molecule has 0 bridgehead atoms. The van der Waals surface area contributed by atoms with Crippen molar-refractivity contribution in [1.82, 2.24) is 5.43 Å². The van der Waals surface area contributed by atoms with Gasteiger partial charge in [0.2, 0.25) is 0 Å². The predicted molar refractivity (Wildman–Crippen MR) is 83.4 cm³/mol. The fraction of sp³-hybridized carbons (Fsp3) is 0.375. The SMILES string of the molecule is Cc1ccsc1C(Cc1ccc(C(C)C)cc1)NN. The summed E-state index contributed by atoms with van der Waals surface area (Å²) in [7, 11) is 0. The van der Waals surface area contributed by atoms with E-state index in [1.54, 1.807) is 11.3 Å². The predicted octanol–water partition coefficient (Wildman–Crippen LogP) is 3.93. The smallest absolute Gasteiger partial charge is 0.0596 e. The largest absolute Gasteiger partial charge is 0.271 e. The Kier molecular flexibility index (Phi) is 4.75. The summed E-state index contributed by atoms with van der Waals surface area (Å²) in [5.74, 6) is 6.30. The molecule has 3 heteroatoms. The van der Waals surface area contributed by atoms with Gasteiger partial charge in [0.05, 0.1) is 6.04 Å². The molecule has 0 aliphatic rings. The molecule has 1 aromatic heterocycles. The van der Waals surface area contributed by atoms with Crippen molar-refractivity contribution in [3.63, 3.8) is 0 Å². The minimum atomic E-state index is 0.199. The minimum Gasteiger partial charge on any atom is -0.271 e. The summed E-state index contributed by atoms with van der Waals surface area (Å²) in [5, 5.41) is 2.12. The third-order valence-corrected chi connectivity index (χ3v) is 4.64. The van der Waals surface area contributed by atoms with Gasteiger partial charge >= 0.3 is 0 Å². The van der Waals surface area contributed by atoms with Crippen molar-refractivity contribution >= 4 is 11.3 Å². The summed E-state index contributed by atoms with van der Waals surface area (Å²) in [4.78, 5) is 1.33. The molecule has 0 saturated carbocycles. The zero-order valence-corrected chi connectivity index (χ0v) is 12.6. The lowest BCUT2D eigenvalue weighted by Gasteiger charge is -2.16. The number of hydrazine groups is 1. The third-order valence-electron chi connectivity index (χ3n) is 3.51. The topological polar surface area (TPSA) is 38.0 Å². The molecule has 0 radical (unpaired) electrons. The van der Waals surface area contributed by atoms with Crippen LogP contribution in [-0.4, -0.2) is 0 Å². The molecular weight excluding hydrogens is 252 g/mol. The van der Waals surface area contributed by atoms with Crippen molar-refractivity contribution in [3.8, 4) is 0 Å². The molecule has 0 fully saturated rings. The Morgan fingerprint density at radius 2 is 1.84 bits per heavy atom. The molecule has 1 heterocycles. The van der Waals surface area contributed by atoms with Gasteiger partial charge in [0.1, 0.15) is 0 Å². The second-order valence-corrected chi connectivity index (χ2v) is 6.24. The molecule has 19 heavy (non-hydrogen) atoms. The normalized spacial score (nSPS) is 12.9. The third kappa shape index (κ3) is 3.44. The molecule has 0 aliphatic carbocycles. The first kappa shape index (κ1) is 14.3. The van der Waals surface area contributed by atoms with Gasteiger partial charge in [0.15, 0.2) is 0 Å². The van der Waals surface area contributed by atoms with Gasteiger partial charge in [0, 0.05) is 4.88 Å². The van der Waals surface area contributed by atoms with E-state index < -0.39 is 0 Å². The number of nitrogens with two attached hydrogens (primary N) is 1. The second kappa shape index (κ2) is 6.33. The number of hydrogen-bond donors (Lipinski definition) is 2. The van der Waals surface area contributed by atoms with Crippen LogP contribution in [0.2, 0.25) is 0 Å². The lowest BCUT2D eigenvalue weighted by atomic mass is 9.98. The molecule has 2 nitrogen and oxygen atoms in total. The summed E-state index contributed by atoms with van der Waals surface area (Å²) in [6, 6.07) is 11.2. The van der Waals surface area contributed by atoms with Crippen molar-refractivity contribution in [2.75, 3.05) is 0 Å². The van der Waals surface area contributed by atoms with E-state index in [1.807, 2.05) is 0 Å². The molecule has 1 aromatic carbocycles. The van der Waals surface area contributed by atoms with Crippen LogP contribution in [0.4, 0.5) is 0 Å². The minimum absolute atomic E-state index is 0.199. The van der Waals surface area contributed by atoms with Gasteiger partial charge in [0.25, 0.3) is 0 Å². The van der Waals surface area contributed by atoms with Gasteiger partial charge in [-0.25, -0.2) is 0 Å². The molecule has 0 amide bonds. The Bertz CT molecular complexity index is 514. The highest BCUT2D eigenvalue weighted by atomic mass is 32.1. The summed E-state index contributed by atoms with van der Waals surface area (Å²) >= 11 is 1.77. The van der Waals surface area contributed by atoms with E-state index in [0.29, 0.717) is 5.92 Å². The first-order valence-corrected chi connectivity index (χ1v) is 7.58. The van der Waals surface area contributed by atoms with Gasteiger partial charge in [-0.05, 0) is 47.4 Å². The van der Waals surface area contributed by atoms with Crippen LogP contribution >= 0.6 is 11.3 Å².